The molecule has 106 valence electrons. The van der Waals surface area contributed by atoms with Crippen LogP contribution in [0.25, 0.3) is 0 Å². The minimum absolute atomic E-state index is 0.000253. The molecule has 1 atom stereocenters. The molecular weight excluding hydrogens is 241 g/mol. The van der Waals surface area contributed by atoms with E-state index in [0.717, 1.165) is 24.8 Å². The van der Waals surface area contributed by atoms with E-state index < -0.39 is 0 Å². The highest BCUT2D eigenvalue weighted by Gasteiger charge is 2.19. The van der Waals surface area contributed by atoms with Crippen LogP contribution in [0.15, 0.2) is 24.3 Å². The van der Waals surface area contributed by atoms with E-state index in [9.17, 15) is 9.18 Å². The lowest BCUT2D eigenvalue weighted by Crippen LogP contribution is -2.33. The number of rotatable bonds is 7. The van der Waals surface area contributed by atoms with Gasteiger partial charge < -0.3 is 4.90 Å². The normalized spacial score (nSPS) is 12.2. The number of hydrogen-bond donors (Lipinski definition) is 0. The molecule has 0 aliphatic heterocycles. The van der Waals surface area contributed by atoms with Crippen LogP contribution in [0.5, 0.6) is 0 Å². The van der Waals surface area contributed by atoms with Crippen LogP contribution in [0.2, 0.25) is 0 Å². The zero-order valence-corrected chi connectivity index (χ0v) is 12.2. The van der Waals surface area contributed by atoms with Gasteiger partial charge in [-0.2, -0.15) is 0 Å². The molecule has 19 heavy (non-hydrogen) atoms. The third-order valence-electron chi connectivity index (χ3n) is 3.48. The maximum absolute atomic E-state index is 12.9. The zero-order chi connectivity index (χ0) is 14.3. The van der Waals surface area contributed by atoms with Crippen LogP contribution in [0.4, 0.5) is 4.39 Å². The van der Waals surface area contributed by atoms with Gasteiger partial charge in [0, 0.05) is 13.0 Å². The summed E-state index contributed by atoms with van der Waals surface area (Å²) in [5.74, 6) is -0.0546. The molecule has 0 saturated heterocycles. The zero-order valence-electron chi connectivity index (χ0n) is 12.2. The van der Waals surface area contributed by atoms with Crippen molar-refractivity contribution in [2.24, 2.45) is 0 Å². The van der Waals surface area contributed by atoms with Gasteiger partial charge in [-0.05, 0) is 38.0 Å². The van der Waals surface area contributed by atoms with E-state index in [1.807, 2.05) is 18.7 Å². The topological polar surface area (TPSA) is 20.3 Å². The SMILES string of the molecule is CCCCCC(=O)N(CC)C(C)c1ccc(F)cc1. The van der Waals surface area contributed by atoms with E-state index >= 15 is 0 Å². The number of amides is 1. The molecule has 0 aromatic heterocycles. The third kappa shape index (κ3) is 4.66. The smallest absolute Gasteiger partial charge is 0.223 e. The fraction of sp³-hybridized carbons (Fsp3) is 0.562. The third-order valence-corrected chi connectivity index (χ3v) is 3.48. The molecule has 0 N–H and O–H groups in total. The van der Waals surface area contributed by atoms with Gasteiger partial charge in [-0.15, -0.1) is 0 Å². The average molecular weight is 265 g/mol. The summed E-state index contributed by atoms with van der Waals surface area (Å²) >= 11 is 0. The van der Waals surface area contributed by atoms with Crippen molar-refractivity contribution in [2.75, 3.05) is 6.54 Å². The summed E-state index contributed by atoms with van der Waals surface area (Å²) in [7, 11) is 0. The Morgan fingerprint density at radius 3 is 2.37 bits per heavy atom. The van der Waals surface area contributed by atoms with Gasteiger partial charge in [0.2, 0.25) is 5.91 Å². The Kier molecular flexibility index (Phi) is 6.54. The summed E-state index contributed by atoms with van der Waals surface area (Å²) < 4.78 is 12.9. The Balaban J connectivity index is 2.67. The predicted molar refractivity (Wildman–Crippen MR) is 76.3 cm³/mol. The van der Waals surface area contributed by atoms with Crippen molar-refractivity contribution in [3.63, 3.8) is 0 Å². The van der Waals surface area contributed by atoms with E-state index in [-0.39, 0.29) is 17.8 Å². The van der Waals surface area contributed by atoms with Crippen molar-refractivity contribution in [2.45, 2.75) is 52.5 Å². The van der Waals surface area contributed by atoms with E-state index in [2.05, 4.69) is 6.92 Å². The van der Waals surface area contributed by atoms with Gasteiger partial charge in [0.25, 0.3) is 0 Å². The summed E-state index contributed by atoms with van der Waals surface area (Å²) in [6.07, 6.45) is 3.76. The highest BCUT2D eigenvalue weighted by atomic mass is 19.1. The molecule has 0 saturated carbocycles. The van der Waals surface area contributed by atoms with Crippen LogP contribution >= 0.6 is 0 Å². The first-order valence-electron chi connectivity index (χ1n) is 7.15. The fourth-order valence-electron chi connectivity index (χ4n) is 2.26. The van der Waals surface area contributed by atoms with Crippen LogP contribution in [0, 0.1) is 5.82 Å². The lowest BCUT2D eigenvalue weighted by Gasteiger charge is -2.28. The van der Waals surface area contributed by atoms with Crippen LogP contribution in [-0.2, 0) is 4.79 Å². The van der Waals surface area contributed by atoms with Gasteiger partial charge in [0.1, 0.15) is 5.82 Å². The first-order chi connectivity index (χ1) is 9.10. The van der Waals surface area contributed by atoms with Gasteiger partial charge in [-0.25, -0.2) is 4.39 Å². The molecule has 0 heterocycles. The lowest BCUT2D eigenvalue weighted by molar-refractivity contribution is -0.133. The standard InChI is InChI=1S/C16H24FNO/c1-4-6-7-8-16(19)18(5-2)13(3)14-9-11-15(17)12-10-14/h9-13H,4-8H2,1-3H3. The molecule has 1 aromatic rings. The van der Waals surface area contributed by atoms with Gasteiger partial charge in [-0.3, -0.25) is 4.79 Å². The molecule has 0 radical (unpaired) electrons. The number of unbranched alkanes of at least 4 members (excludes halogenated alkanes) is 2. The van der Waals surface area contributed by atoms with Crippen molar-refractivity contribution >= 4 is 5.91 Å². The molecule has 1 rings (SSSR count). The second kappa shape index (κ2) is 7.93. The molecule has 1 aromatic carbocycles. The van der Waals surface area contributed by atoms with E-state index in [0.29, 0.717) is 13.0 Å². The number of nitrogens with zero attached hydrogens (tertiary/aromatic N) is 1. The molecule has 0 fully saturated rings. The molecule has 0 aliphatic rings. The first-order valence-corrected chi connectivity index (χ1v) is 7.15. The quantitative estimate of drug-likeness (QED) is 0.672. The number of carbonyl (C=O) groups excluding carboxylic acids is 1. The Morgan fingerprint density at radius 1 is 1.21 bits per heavy atom. The minimum Gasteiger partial charge on any atom is -0.336 e. The average Bonchev–Trinajstić information content (AvgIpc) is 2.40. The molecular formula is C16H24FNO. The summed E-state index contributed by atoms with van der Waals surface area (Å²) in [4.78, 5) is 14.0. The van der Waals surface area contributed by atoms with Gasteiger partial charge in [-0.1, -0.05) is 31.9 Å². The number of halogens is 1. The predicted octanol–water partition coefficient (Wildman–Crippen LogP) is 4.32. The van der Waals surface area contributed by atoms with Crippen molar-refractivity contribution in [3.8, 4) is 0 Å². The van der Waals surface area contributed by atoms with Crippen LogP contribution in [0.3, 0.4) is 0 Å². The summed E-state index contributed by atoms with van der Waals surface area (Å²) in [5, 5.41) is 0. The fourth-order valence-corrected chi connectivity index (χ4v) is 2.26. The van der Waals surface area contributed by atoms with E-state index in [1.54, 1.807) is 12.1 Å². The Morgan fingerprint density at radius 2 is 1.84 bits per heavy atom. The molecule has 1 unspecified atom stereocenters. The van der Waals surface area contributed by atoms with Crippen molar-refractivity contribution in [3.05, 3.63) is 35.6 Å². The van der Waals surface area contributed by atoms with Crippen LogP contribution < -0.4 is 0 Å². The largest absolute Gasteiger partial charge is 0.336 e. The molecule has 0 aliphatic carbocycles. The highest BCUT2D eigenvalue weighted by molar-refractivity contribution is 5.76. The van der Waals surface area contributed by atoms with Crippen molar-refractivity contribution < 1.29 is 9.18 Å². The number of benzene rings is 1. The molecule has 1 amide bonds. The monoisotopic (exact) mass is 265 g/mol. The van der Waals surface area contributed by atoms with Crippen molar-refractivity contribution in [1.82, 2.24) is 4.90 Å². The van der Waals surface area contributed by atoms with E-state index in [4.69, 9.17) is 0 Å². The molecule has 0 bridgehead atoms. The van der Waals surface area contributed by atoms with Crippen LogP contribution in [0.1, 0.15) is 58.1 Å². The first kappa shape index (κ1) is 15.7. The van der Waals surface area contributed by atoms with Gasteiger partial charge in [0.15, 0.2) is 0 Å². The summed E-state index contributed by atoms with van der Waals surface area (Å²) in [6.45, 7) is 6.79. The minimum atomic E-state index is -0.242. The number of carbonyl (C=O) groups is 1. The van der Waals surface area contributed by atoms with Gasteiger partial charge >= 0.3 is 0 Å². The Labute approximate surface area is 115 Å². The maximum atomic E-state index is 12.9. The molecule has 0 spiro atoms. The van der Waals surface area contributed by atoms with Crippen molar-refractivity contribution in [1.29, 1.82) is 0 Å². The lowest BCUT2D eigenvalue weighted by atomic mass is 10.1. The van der Waals surface area contributed by atoms with Crippen LogP contribution in [-0.4, -0.2) is 17.4 Å². The highest BCUT2D eigenvalue weighted by Crippen LogP contribution is 2.21. The second-order valence-corrected chi connectivity index (χ2v) is 4.86. The summed E-state index contributed by atoms with van der Waals surface area (Å²) in [6, 6.07) is 6.40. The summed E-state index contributed by atoms with van der Waals surface area (Å²) in [5.41, 5.74) is 0.979. The Hall–Kier alpha value is -1.38. The van der Waals surface area contributed by atoms with E-state index in [1.165, 1.54) is 12.1 Å². The number of hydrogen-bond acceptors (Lipinski definition) is 1. The second-order valence-electron chi connectivity index (χ2n) is 4.86. The molecule has 2 nitrogen and oxygen atoms in total. The Bertz CT molecular complexity index is 388. The van der Waals surface area contributed by atoms with Gasteiger partial charge in [0.05, 0.1) is 6.04 Å². The maximum Gasteiger partial charge on any atom is 0.223 e. The molecule has 3 heteroatoms.